The fraction of sp³-hybridized carbons (Fsp3) is 0.211. The van der Waals surface area contributed by atoms with Gasteiger partial charge in [-0.25, -0.2) is 9.79 Å². The smallest absolute Gasteiger partial charge is 0.365 e. The van der Waals surface area contributed by atoms with E-state index >= 15 is 0 Å². The van der Waals surface area contributed by atoms with Gasteiger partial charge in [0.25, 0.3) is 0 Å². The maximum absolute atomic E-state index is 12.2. The molecular weight excluding hydrogens is 366 g/mol. The van der Waals surface area contributed by atoms with Gasteiger partial charge in [0, 0.05) is 37.9 Å². The summed E-state index contributed by atoms with van der Waals surface area (Å²) in [6.45, 7) is 2.65. The fourth-order valence-electron chi connectivity index (χ4n) is 3.19. The van der Waals surface area contributed by atoms with Crippen LogP contribution in [0.3, 0.4) is 0 Å². The van der Waals surface area contributed by atoms with Crippen LogP contribution in [0.1, 0.15) is 5.56 Å². The number of nitrogens with two attached hydrogens (primary N) is 1. The molecule has 3 N–H and O–H groups in total. The lowest BCUT2D eigenvalue weighted by atomic mass is 10.0. The van der Waals surface area contributed by atoms with Crippen LogP contribution in [-0.2, 0) is 9.53 Å². The molecule has 27 heavy (non-hydrogen) atoms. The third kappa shape index (κ3) is 3.73. The first-order valence-corrected chi connectivity index (χ1v) is 8.46. The van der Waals surface area contributed by atoms with Crippen molar-refractivity contribution in [2.24, 2.45) is 10.7 Å². The van der Waals surface area contributed by atoms with E-state index in [1.165, 1.54) is 0 Å². The molecule has 0 atom stereocenters. The maximum atomic E-state index is 12.2. The highest BCUT2D eigenvalue weighted by Gasteiger charge is 2.26. The molecule has 4 rings (SSSR count). The van der Waals surface area contributed by atoms with E-state index < -0.39 is 5.97 Å². The highest BCUT2D eigenvalue weighted by atomic mass is 35.5. The number of hydrogen-bond acceptors (Lipinski definition) is 5. The van der Waals surface area contributed by atoms with Gasteiger partial charge in [-0.2, -0.15) is 0 Å². The Hall–Kier alpha value is -3.06. The van der Waals surface area contributed by atoms with Crippen LogP contribution in [0.15, 0.2) is 59.4 Å². The van der Waals surface area contributed by atoms with Crippen LogP contribution in [0.2, 0.25) is 0 Å². The van der Waals surface area contributed by atoms with Gasteiger partial charge in [-0.1, -0.05) is 36.4 Å². The van der Waals surface area contributed by atoms with Gasteiger partial charge in [0.05, 0.1) is 0 Å². The van der Waals surface area contributed by atoms with Gasteiger partial charge in [0.15, 0.2) is 11.7 Å². The zero-order chi connectivity index (χ0) is 18.1. The number of ether oxygens (including phenoxy) is 1. The van der Waals surface area contributed by atoms with E-state index in [-0.39, 0.29) is 18.4 Å². The van der Waals surface area contributed by atoms with Crippen LogP contribution in [0.25, 0.3) is 10.8 Å². The molecule has 140 valence electrons. The highest BCUT2D eigenvalue weighted by Crippen LogP contribution is 2.24. The first-order chi connectivity index (χ1) is 12.6. The van der Waals surface area contributed by atoms with Crippen LogP contribution in [0.5, 0.6) is 0 Å². The van der Waals surface area contributed by atoms with Crippen molar-refractivity contribution in [2.45, 2.75) is 0 Å². The van der Waals surface area contributed by atoms with Crippen molar-refractivity contribution >= 4 is 41.0 Å². The lowest BCUT2D eigenvalue weighted by molar-refractivity contribution is -0.130. The molecule has 1 saturated heterocycles. The predicted octanol–water partition coefficient (Wildman–Crippen LogP) is 1.92. The molecule has 0 spiro atoms. The number of rotatable bonds is 2. The van der Waals surface area contributed by atoms with Crippen LogP contribution in [0, 0.1) is 5.41 Å². The summed E-state index contributed by atoms with van der Waals surface area (Å²) in [5.41, 5.74) is 6.61. The summed E-state index contributed by atoms with van der Waals surface area (Å²) in [5, 5.41) is 9.54. The molecule has 0 saturated carbocycles. The monoisotopic (exact) mass is 385 g/mol. The number of carbonyl (C=O) groups excluding carboxylic acids is 1. The summed E-state index contributed by atoms with van der Waals surface area (Å²) in [5.74, 6) is -0.0313. The van der Waals surface area contributed by atoms with Crippen molar-refractivity contribution < 1.29 is 9.53 Å². The van der Waals surface area contributed by atoms with E-state index in [4.69, 9.17) is 15.9 Å². The zero-order valence-corrected chi connectivity index (χ0v) is 15.4. The standard InChI is InChI=1S/C19H19N5O2.ClH/c20-19(21)24-10-8-23(9-11-24)12-16-18(25)26-17(22-16)15-7-3-5-13-4-1-2-6-14(13)15;/h1-7,12H,8-11H2,(H3,20,21);1H/b16-12+;. The molecule has 2 aromatic carbocycles. The number of cyclic esters (lactones) is 1. The summed E-state index contributed by atoms with van der Waals surface area (Å²) in [4.78, 5) is 20.5. The summed E-state index contributed by atoms with van der Waals surface area (Å²) >= 11 is 0. The number of carbonyl (C=O) groups is 1. The van der Waals surface area contributed by atoms with E-state index in [9.17, 15) is 4.79 Å². The van der Waals surface area contributed by atoms with Crippen molar-refractivity contribution in [3.8, 4) is 0 Å². The largest absolute Gasteiger partial charge is 0.402 e. The number of nitrogens with one attached hydrogen (secondary N) is 1. The molecule has 2 aliphatic rings. The zero-order valence-electron chi connectivity index (χ0n) is 14.6. The topological polar surface area (TPSA) is 95.0 Å². The summed E-state index contributed by atoms with van der Waals surface area (Å²) in [6, 6.07) is 13.8. The van der Waals surface area contributed by atoms with Gasteiger partial charge in [0.2, 0.25) is 5.90 Å². The van der Waals surface area contributed by atoms with Gasteiger partial charge in [0.1, 0.15) is 0 Å². The second-order valence-corrected chi connectivity index (χ2v) is 6.26. The number of hydrogen-bond donors (Lipinski definition) is 2. The molecule has 0 unspecified atom stereocenters. The Kier molecular flexibility index (Phi) is 5.32. The number of fused-ring (bicyclic) bond motifs is 1. The number of benzene rings is 2. The average Bonchev–Trinajstić information content (AvgIpc) is 3.02. The van der Waals surface area contributed by atoms with Crippen LogP contribution < -0.4 is 5.73 Å². The number of halogens is 1. The molecule has 0 amide bonds. The van der Waals surface area contributed by atoms with Gasteiger partial charge < -0.3 is 20.3 Å². The van der Waals surface area contributed by atoms with E-state index in [0.717, 1.165) is 16.3 Å². The average molecular weight is 386 g/mol. The molecule has 0 aliphatic carbocycles. The minimum Gasteiger partial charge on any atom is -0.402 e. The van der Waals surface area contributed by atoms with Crippen LogP contribution >= 0.6 is 12.4 Å². The lowest BCUT2D eigenvalue weighted by Gasteiger charge is -2.34. The Morgan fingerprint density at radius 3 is 2.56 bits per heavy atom. The summed E-state index contributed by atoms with van der Waals surface area (Å²) in [7, 11) is 0. The van der Waals surface area contributed by atoms with E-state index in [0.29, 0.717) is 37.8 Å². The number of nitrogens with zero attached hydrogens (tertiary/aromatic N) is 3. The number of piperazine rings is 1. The summed E-state index contributed by atoms with van der Waals surface area (Å²) < 4.78 is 5.42. The second kappa shape index (κ2) is 7.67. The molecule has 0 bridgehead atoms. The van der Waals surface area contributed by atoms with Gasteiger partial charge in [-0.15, -0.1) is 12.4 Å². The fourth-order valence-corrected chi connectivity index (χ4v) is 3.19. The first-order valence-electron chi connectivity index (χ1n) is 8.46. The molecule has 0 radical (unpaired) electrons. The lowest BCUT2D eigenvalue weighted by Crippen LogP contribution is -2.49. The van der Waals surface area contributed by atoms with Gasteiger partial charge >= 0.3 is 5.97 Å². The van der Waals surface area contributed by atoms with Crippen LogP contribution in [0.4, 0.5) is 0 Å². The third-order valence-corrected chi connectivity index (χ3v) is 4.60. The van der Waals surface area contributed by atoms with Crippen molar-refractivity contribution in [3.63, 3.8) is 0 Å². The third-order valence-electron chi connectivity index (χ3n) is 4.60. The van der Waals surface area contributed by atoms with E-state index in [2.05, 4.69) is 4.99 Å². The number of guanidine groups is 1. The Morgan fingerprint density at radius 1 is 1.11 bits per heavy atom. The molecule has 2 heterocycles. The molecule has 7 nitrogen and oxygen atoms in total. The number of aliphatic imine (C=N–C) groups is 1. The Morgan fingerprint density at radius 2 is 1.81 bits per heavy atom. The molecule has 1 fully saturated rings. The van der Waals surface area contributed by atoms with Crippen molar-refractivity contribution in [3.05, 3.63) is 59.9 Å². The van der Waals surface area contributed by atoms with Gasteiger partial charge in [-0.05, 0) is 16.8 Å². The van der Waals surface area contributed by atoms with Crippen molar-refractivity contribution in [1.29, 1.82) is 5.41 Å². The number of esters is 1. The van der Waals surface area contributed by atoms with E-state index in [1.54, 1.807) is 11.1 Å². The summed E-state index contributed by atoms with van der Waals surface area (Å²) in [6.07, 6.45) is 1.73. The molecule has 2 aromatic rings. The quantitative estimate of drug-likeness (QED) is 0.356. The predicted molar refractivity (Wildman–Crippen MR) is 107 cm³/mol. The maximum Gasteiger partial charge on any atom is 0.365 e. The van der Waals surface area contributed by atoms with Crippen molar-refractivity contribution in [1.82, 2.24) is 9.80 Å². The highest BCUT2D eigenvalue weighted by molar-refractivity contribution is 6.16. The van der Waals surface area contributed by atoms with E-state index in [1.807, 2.05) is 47.4 Å². The second-order valence-electron chi connectivity index (χ2n) is 6.26. The minimum atomic E-state index is -0.443. The van der Waals surface area contributed by atoms with Crippen LogP contribution in [-0.4, -0.2) is 53.8 Å². The molecule has 0 aromatic heterocycles. The molecule has 2 aliphatic heterocycles. The normalized spacial score (nSPS) is 18.3. The minimum absolute atomic E-state index is 0. The molecule has 8 heteroatoms. The SMILES string of the molecule is Cl.N=C(N)N1CCN(/C=C2/N=C(c3cccc4ccccc34)OC2=O)CC1. The van der Waals surface area contributed by atoms with Crippen molar-refractivity contribution in [2.75, 3.05) is 26.2 Å². The Bertz CT molecular complexity index is 943. The van der Waals surface area contributed by atoms with Gasteiger partial charge in [-0.3, -0.25) is 5.41 Å². The first kappa shape index (κ1) is 18.7. The Balaban J connectivity index is 0.00000210. The molecular formula is C19H20ClN5O2. The Labute approximate surface area is 163 Å².